The van der Waals surface area contributed by atoms with E-state index in [4.69, 9.17) is 23.7 Å². The van der Waals surface area contributed by atoms with E-state index in [0.717, 1.165) is 46.6 Å². The largest absolute Gasteiger partial charge is 0.494 e. The van der Waals surface area contributed by atoms with Crippen LogP contribution in [0, 0.1) is 0 Å². The molecule has 4 rings (SSSR count). The number of carbonyl (C=O) groups excluding carboxylic acids is 2. The number of hydrogen-bond donors (Lipinski definition) is 0. The van der Waals surface area contributed by atoms with Crippen LogP contribution in [0.25, 0.3) is 0 Å². The van der Waals surface area contributed by atoms with Gasteiger partial charge in [0.25, 0.3) is 0 Å². The van der Waals surface area contributed by atoms with Gasteiger partial charge in [-0.25, -0.2) is 0 Å². The number of ether oxygens (including phenoxy) is 5. The van der Waals surface area contributed by atoms with Crippen LogP contribution in [0.4, 0.5) is 0 Å². The highest BCUT2D eigenvalue weighted by Crippen LogP contribution is 2.38. The van der Waals surface area contributed by atoms with Crippen LogP contribution in [0.15, 0.2) is 97.1 Å². The lowest BCUT2D eigenvalue weighted by atomic mass is 9.97. The summed E-state index contributed by atoms with van der Waals surface area (Å²) in [5.74, 6) is 1.72. The van der Waals surface area contributed by atoms with E-state index in [1.807, 2.05) is 72.8 Å². The molecule has 0 bridgehead atoms. The fourth-order valence-corrected chi connectivity index (χ4v) is 4.51. The van der Waals surface area contributed by atoms with Crippen LogP contribution in [0.3, 0.4) is 0 Å². The van der Waals surface area contributed by atoms with Crippen LogP contribution in [-0.2, 0) is 14.3 Å². The Balaban J connectivity index is 1.74. The minimum absolute atomic E-state index is 0.383. The van der Waals surface area contributed by atoms with Crippen molar-refractivity contribution < 1.29 is 33.3 Å². The van der Waals surface area contributed by atoms with Gasteiger partial charge in [-0.05, 0) is 83.6 Å². The van der Waals surface area contributed by atoms with E-state index in [0.29, 0.717) is 24.7 Å². The zero-order chi connectivity index (χ0) is 30.6. The summed E-state index contributed by atoms with van der Waals surface area (Å²) in [6.07, 6.45) is 0.867. The van der Waals surface area contributed by atoms with Crippen molar-refractivity contribution in [2.24, 2.45) is 0 Å². The summed E-state index contributed by atoms with van der Waals surface area (Å²) in [6.45, 7) is 8.16. The molecular formula is C36H38O7. The molecule has 0 radical (unpaired) electrons. The predicted molar refractivity (Wildman–Crippen MR) is 165 cm³/mol. The second kappa shape index (κ2) is 15.6. The molecule has 2 atom stereocenters. The average molecular weight is 583 g/mol. The maximum atomic E-state index is 11.5. The Morgan fingerprint density at radius 1 is 0.488 bits per heavy atom. The number of rotatable bonds is 14. The SMILES string of the molecule is CCCOc1ccc(C(OC(c2ccc(OCCC)cc2)c2ccc(OC(C)=O)cc2)c2ccc(OC(C)=O)cc2)cc1. The zero-order valence-electron chi connectivity index (χ0n) is 25.1. The molecule has 0 aromatic heterocycles. The van der Waals surface area contributed by atoms with Crippen LogP contribution >= 0.6 is 0 Å². The summed E-state index contributed by atoms with van der Waals surface area (Å²) >= 11 is 0. The molecule has 0 fully saturated rings. The van der Waals surface area contributed by atoms with Crippen molar-refractivity contribution in [1.29, 1.82) is 0 Å². The Labute approximate surface area is 253 Å². The second-order valence-electron chi connectivity index (χ2n) is 10.1. The van der Waals surface area contributed by atoms with E-state index < -0.39 is 12.2 Å². The third kappa shape index (κ3) is 9.18. The van der Waals surface area contributed by atoms with Gasteiger partial charge in [-0.2, -0.15) is 0 Å². The summed E-state index contributed by atoms with van der Waals surface area (Å²) < 4.78 is 29.1. The van der Waals surface area contributed by atoms with Gasteiger partial charge >= 0.3 is 11.9 Å². The summed E-state index contributed by atoms with van der Waals surface area (Å²) in [5, 5.41) is 0. The number of benzene rings is 4. The predicted octanol–water partition coefficient (Wildman–Crippen LogP) is 8.01. The smallest absolute Gasteiger partial charge is 0.308 e. The Kier molecular flexibility index (Phi) is 11.3. The fraction of sp³-hybridized carbons (Fsp3) is 0.278. The lowest BCUT2D eigenvalue weighted by molar-refractivity contribution is -0.132. The Morgan fingerprint density at radius 3 is 1.02 bits per heavy atom. The van der Waals surface area contributed by atoms with Crippen LogP contribution in [0.5, 0.6) is 23.0 Å². The molecule has 0 saturated carbocycles. The normalized spacial score (nSPS) is 12.2. The van der Waals surface area contributed by atoms with Gasteiger partial charge in [0.15, 0.2) is 0 Å². The van der Waals surface area contributed by atoms with Gasteiger partial charge < -0.3 is 23.7 Å². The first-order chi connectivity index (χ1) is 20.9. The van der Waals surface area contributed by atoms with E-state index in [-0.39, 0.29) is 11.9 Å². The van der Waals surface area contributed by atoms with Gasteiger partial charge in [-0.3, -0.25) is 9.59 Å². The quantitative estimate of drug-likeness (QED) is 0.110. The molecule has 0 heterocycles. The van der Waals surface area contributed by atoms with Crippen molar-refractivity contribution in [2.45, 2.75) is 52.7 Å². The lowest BCUT2D eigenvalue weighted by Crippen LogP contribution is -2.14. The van der Waals surface area contributed by atoms with Crippen molar-refractivity contribution in [3.8, 4) is 23.0 Å². The maximum absolute atomic E-state index is 11.5. The second-order valence-corrected chi connectivity index (χ2v) is 10.1. The van der Waals surface area contributed by atoms with Crippen molar-refractivity contribution in [3.63, 3.8) is 0 Å². The van der Waals surface area contributed by atoms with E-state index in [2.05, 4.69) is 13.8 Å². The summed E-state index contributed by atoms with van der Waals surface area (Å²) in [5.41, 5.74) is 3.60. The minimum atomic E-state index is -0.485. The highest BCUT2D eigenvalue weighted by Gasteiger charge is 2.24. The number of carbonyl (C=O) groups is 2. The highest BCUT2D eigenvalue weighted by molar-refractivity contribution is 5.69. The third-order valence-corrected chi connectivity index (χ3v) is 6.47. The van der Waals surface area contributed by atoms with Gasteiger partial charge in [-0.15, -0.1) is 0 Å². The molecule has 224 valence electrons. The fourth-order valence-electron chi connectivity index (χ4n) is 4.51. The first kappa shape index (κ1) is 31.3. The van der Waals surface area contributed by atoms with Crippen LogP contribution in [0.1, 0.15) is 75.0 Å². The molecule has 0 aliphatic heterocycles. The monoisotopic (exact) mass is 582 g/mol. The Morgan fingerprint density at radius 2 is 0.767 bits per heavy atom. The molecular weight excluding hydrogens is 544 g/mol. The molecule has 2 unspecified atom stereocenters. The lowest BCUT2D eigenvalue weighted by Gasteiger charge is -2.27. The maximum Gasteiger partial charge on any atom is 0.308 e. The molecule has 4 aromatic carbocycles. The van der Waals surface area contributed by atoms with Crippen LogP contribution in [-0.4, -0.2) is 25.2 Å². The summed E-state index contributed by atoms with van der Waals surface area (Å²) in [4.78, 5) is 23.0. The van der Waals surface area contributed by atoms with Crippen molar-refractivity contribution >= 4 is 11.9 Å². The zero-order valence-corrected chi connectivity index (χ0v) is 25.1. The topological polar surface area (TPSA) is 80.3 Å². The molecule has 0 spiro atoms. The first-order valence-electron chi connectivity index (χ1n) is 14.5. The molecule has 0 aliphatic rings. The molecule has 43 heavy (non-hydrogen) atoms. The number of hydrogen-bond acceptors (Lipinski definition) is 7. The van der Waals surface area contributed by atoms with Gasteiger partial charge in [0.05, 0.1) is 13.2 Å². The van der Waals surface area contributed by atoms with Gasteiger partial charge in [0.1, 0.15) is 35.2 Å². The van der Waals surface area contributed by atoms with Gasteiger partial charge in [-0.1, -0.05) is 62.4 Å². The van der Waals surface area contributed by atoms with Crippen molar-refractivity contribution in [1.82, 2.24) is 0 Å². The summed E-state index contributed by atoms with van der Waals surface area (Å²) in [7, 11) is 0. The van der Waals surface area contributed by atoms with Crippen molar-refractivity contribution in [2.75, 3.05) is 13.2 Å². The van der Waals surface area contributed by atoms with E-state index in [9.17, 15) is 9.59 Å². The Bertz CT molecular complexity index is 1330. The van der Waals surface area contributed by atoms with Crippen molar-refractivity contribution in [3.05, 3.63) is 119 Å². The van der Waals surface area contributed by atoms with Crippen LogP contribution in [0.2, 0.25) is 0 Å². The molecule has 0 amide bonds. The molecule has 0 saturated heterocycles. The minimum Gasteiger partial charge on any atom is -0.494 e. The van der Waals surface area contributed by atoms with E-state index in [1.165, 1.54) is 13.8 Å². The first-order valence-corrected chi connectivity index (χ1v) is 14.5. The third-order valence-electron chi connectivity index (χ3n) is 6.47. The molecule has 7 heteroatoms. The van der Waals surface area contributed by atoms with Gasteiger partial charge in [0, 0.05) is 13.8 Å². The molecule has 7 nitrogen and oxygen atoms in total. The Hall–Kier alpha value is -4.62. The number of esters is 2. The van der Waals surface area contributed by atoms with Crippen LogP contribution < -0.4 is 18.9 Å². The highest BCUT2D eigenvalue weighted by atomic mass is 16.5. The average Bonchev–Trinajstić information content (AvgIpc) is 3.01. The molecule has 0 aliphatic carbocycles. The molecule has 4 aromatic rings. The molecule has 0 N–H and O–H groups in total. The summed E-state index contributed by atoms with van der Waals surface area (Å²) in [6, 6.07) is 30.4. The van der Waals surface area contributed by atoms with E-state index in [1.54, 1.807) is 24.3 Å². The van der Waals surface area contributed by atoms with E-state index >= 15 is 0 Å². The standard InChI is InChI=1S/C36H38O7/c1-5-23-39-31-15-7-27(8-16-31)35(29-11-19-33(20-12-29)41-25(3)37)43-36(28-9-17-32(18-10-28)40-24-6-2)30-13-21-34(22-14-30)42-26(4)38/h7-22,35-36H,5-6,23-24H2,1-4H3. The van der Waals surface area contributed by atoms with Gasteiger partial charge in [0.2, 0.25) is 0 Å².